The van der Waals surface area contributed by atoms with E-state index < -0.39 is 10.9 Å². The molecule has 0 saturated carbocycles. The predicted octanol–water partition coefficient (Wildman–Crippen LogP) is 2.36. The molecule has 0 radical (unpaired) electrons. The second kappa shape index (κ2) is 5.63. The number of nitro groups is 1. The normalized spacial score (nSPS) is 10.1. The summed E-state index contributed by atoms with van der Waals surface area (Å²) in [6, 6.07) is 2.80. The number of rotatable bonds is 4. The van der Waals surface area contributed by atoms with Crippen molar-refractivity contribution in [1.29, 1.82) is 0 Å². The van der Waals surface area contributed by atoms with Crippen molar-refractivity contribution in [2.45, 2.75) is 19.2 Å². The fraction of sp³-hybridized carbons (Fsp3) is 0.364. The predicted molar refractivity (Wildman–Crippen MR) is 63.1 cm³/mol. The highest BCUT2D eigenvalue weighted by molar-refractivity contribution is 6.17. The molecule has 0 spiro atoms. The van der Waals surface area contributed by atoms with Crippen molar-refractivity contribution in [1.82, 2.24) is 0 Å². The van der Waals surface area contributed by atoms with E-state index in [9.17, 15) is 14.9 Å². The average molecular weight is 258 g/mol. The first-order valence-electron chi connectivity index (χ1n) is 4.89. The maximum Gasteiger partial charge on any atom is 0.309 e. The third-order valence-electron chi connectivity index (χ3n) is 2.52. The maximum absolute atomic E-state index is 11.2. The van der Waals surface area contributed by atoms with Crippen LogP contribution >= 0.6 is 11.6 Å². The Kier molecular flexibility index (Phi) is 4.45. The van der Waals surface area contributed by atoms with Crippen LogP contribution in [0, 0.1) is 17.0 Å². The van der Waals surface area contributed by atoms with Gasteiger partial charge in [-0.1, -0.05) is 0 Å². The Balaban J connectivity index is 3.22. The molecule has 1 aromatic rings. The van der Waals surface area contributed by atoms with Gasteiger partial charge in [0.05, 0.1) is 18.5 Å². The molecule has 17 heavy (non-hydrogen) atoms. The van der Waals surface area contributed by atoms with E-state index in [1.54, 1.807) is 6.92 Å². The minimum Gasteiger partial charge on any atom is -0.469 e. The van der Waals surface area contributed by atoms with Crippen LogP contribution in [0.3, 0.4) is 0 Å². The molecule has 5 nitrogen and oxygen atoms in total. The van der Waals surface area contributed by atoms with Crippen molar-refractivity contribution in [3.05, 3.63) is 38.9 Å². The molecule has 92 valence electrons. The van der Waals surface area contributed by atoms with Gasteiger partial charge in [0.2, 0.25) is 0 Å². The summed E-state index contributed by atoms with van der Waals surface area (Å²) >= 11 is 5.71. The minimum atomic E-state index is -0.504. The van der Waals surface area contributed by atoms with E-state index in [1.165, 1.54) is 19.2 Å². The molecule has 0 heterocycles. The number of alkyl halides is 1. The van der Waals surface area contributed by atoms with Crippen molar-refractivity contribution in [2.24, 2.45) is 0 Å². The summed E-state index contributed by atoms with van der Waals surface area (Å²) in [6.45, 7) is 1.78. The summed E-state index contributed by atoms with van der Waals surface area (Å²) in [6.07, 6.45) is 0.00784. The molecule has 0 atom stereocenters. The largest absolute Gasteiger partial charge is 0.469 e. The van der Waals surface area contributed by atoms with E-state index in [4.69, 9.17) is 11.6 Å². The fourth-order valence-corrected chi connectivity index (χ4v) is 1.75. The van der Waals surface area contributed by atoms with Crippen molar-refractivity contribution in [3.8, 4) is 0 Å². The van der Waals surface area contributed by atoms with Crippen LogP contribution in [0.5, 0.6) is 0 Å². The van der Waals surface area contributed by atoms with E-state index in [1.807, 2.05) is 0 Å². The van der Waals surface area contributed by atoms with E-state index in [-0.39, 0.29) is 18.0 Å². The van der Waals surface area contributed by atoms with Gasteiger partial charge in [0.25, 0.3) is 5.69 Å². The van der Waals surface area contributed by atoms with Crippen LogP contribution < -0.4 is 0 Å². The lowest BCUT2D eigenvalue weighted by molar-refractivity contribution is -0.385. The molecule has 0 bridgehead atoms. The zero-order valence-electron chi connectivity index (χ0n) is 9.53. The van der Waals surface area contributed by atoms with Crippen LogP contribution in [0.4, 0.5) is 5.69 Å². The van der Waals surface area contributed by atoms with Crippen LogP contribution in [0.25, 0.3) is 0 Å². The Morgan fingerprint density at radius 1 is 1.47 bits per heavy atom. The number of hydrogen-bond acceptors (Lipinski definition) is 4. The van der Waals surface area contributed by atoms with Crippen LogP contribution in [0.15, 0.2) is 12.1 Å². The van der Waals surface area contributed by atoms with Gasteiger partial charge < -0.3 is 4.74 Å². The van der Waals surface area contributed by atoms with Crippen molar-refractivity contribution < 1.29 is 14.5 Å². The highest BCUT2D eigenvalue weighted by Gasteiger charge is 2.15. The van der Waals surface area contributed by atoms with Gasteiger partial charge in [0, 0.05) is 18.0 Å². The fourth-order valence-electron chi connectivity index (χ4n) is 1.48. The summed E-state index contributed by atoms with van der Waals surface area (Å²) in [5.41, 5.74) is 1.95. The Morgan fingerprint density at radius 3 is 2.53 bits per heavy atom. The van der Waals surface area contributed by atoms with Crippen LogP contribution in [-0.4, -0.2) is 18.0 Å². The first-order chi connectivity index (χ1) is 7.99. The smallest absolute Gasteiger partial charge is 0.309 e. The molecule has 0 amide bonds. The van der Waals surface area contributed by atoms with Gasteiger partial charge >= 0.3 is 5.97 Å². The van der Waals surface area contributed by atoms with E-state index in [2.05, 4.69) is 4.74 Å². The van der Waals surface area contributed by atoms with Gasteiger partial charge in [0.15, 0.2) is 0 Å². The molecule has 0 aliphatic rings. The molecule has 6 heteroatoms. The average Bonchev–Trinajstić information content (AvgIpc) is 2.31. The number of ether oxygens (including phenoxy) is 1. The SMILES string of the molecule is COC(=O)Cc1cc([N+](=O)[O-])cc(CCl)c1C. The number of carbonyl (C=O) groups excluding carboxylic acids is 1. The molecule has 0 N–H and O–H groups in total. The molecule has 1 rings (SSSR count). The van der Waals surface area contributed by atoms with E-state index in [0.29, 0.717) is 11.1 Å². The van der Waals surface area contributed by atoms with Gasteiger partial charge in [0.1, 0.15) is 0 Å². The van der Waals surface area contributed by atoms with Crippen molar-refractivity contribution in [3.63, 3.8) is 0 Å². The maximum atomic E-state index is 11.2. The van der Waals surface area contributed by atoms with Crippen LogP contribution in [-0.2, 0) is 21.8 Å². The molecule has 0 aliphatic heterocycles. The lowest BCUT2D eigenvalue weighted by Crippen LogP contribution is -2.07. The lowest BCUT2D eigenvalue weighted by Gasteiger charge is -2.08. The zero-order chi connectivity index (χ0) is 13.0. The Bertz CT molecular complexity index is 459. The summed E-state index contributed by atoms with van der Waals surface area (Å²) in [5.74, 6) is -0.268. The number of halogens is 1. The molecule has 0 aliphatic carbocycles. The molecule has 1 aromatic carbocycles. The number of nitro benzene ring substituents is 1. The third kappa shape index (κ3) is 3.17. The number of hydrogen-bond donors (Lipinski definition) is 0. The Hall–Kier alpha value is -1.62. The highest BCUT2D eigenvalue weighted by Crippen LogP contribution is 2.24. The lowest BCUT2D eigenvalue weighted by atomic mass is 10.00. The second-order valence-electron chi connectivity index (χ2n) is 3.53. The van der Waals surface area contributed by atoms with E-state index >= 15 is 0 Å². The zero-order valence-corrected chi connectivity index (χ0v) is 10.3. The quantitative estimate of drug-likeness (QED) is 0.359. The first-order valence-corrected chi connectivity index (χ1v) is 5.42. The number of carbonyl (C=O) groups is 1. The van der Waals surface area contributed by atoms with Gasteiger partial charge in [-0.05, 0) is 23.6 Å². The van der Waals surface area contributed by atoms with Gasteiger partial charge in [-0.25, -0.2) is 0 Å². The molecule has 0 aromatic heterocycles. The van der Waals surface area contributed by atoms with Crippen molar-refractivity contribution in [2.75, 3.05) is 7.11 Å². The van der Waals surface area contributed by atoms with Crippen molar-refractivity contribution >= 4 is 23.3 Å². The Morgan fingerprint density at radius 2 is 2.06 bits per heavy atom. The summed E-state index contributed by atoms with van der Waals surface area (Å²) in [7, 11) is 1.28. The molecule has 0 saturated heterocycles. The van der Waals surface area contributed by atoms with Gasteiger partial charge in [-0.2, -0.15) is 0 Å². The first kappa shape index (κ1) is 13.4. The van der Waals surface area contributed by atoms with Crippen LogP contribution in [0.2, 0.25) is 0 Å². The third-order valence-corrected chi connectivity index (χ3v) is 2.81. The standard InChI is InChI=1S/C11H12ClNO4/c1-7-8(5-11(14)17-2)3-10(13(15)16)4-9(7)6-12/h3-4H,5-6H2,1-2H3. The number of methoxy groups -OCH3 is 1. The topological polar surface area (TPSA) is 69.4 Å². The van der Waals surface area contributed by atoms with Gasteiger partial charge in [-0.15, -0.1) is 11.6 Å². The molecule has 0 unspecified atom stereocenters. The molecular weight excluding hydrogens is 246 g/mol. The second-order valence-corrected chi connectivity index (χ2v) is 3.80. The minimum absolute atomic E-state index is 0.00784. The number of benzene rings is 1. The van der Waals surface area contributed by atoms with Crippen LogP contribution in [0.1, 0.15) is 16.7 Å². The number of nitrogens with zero attached hydrogens (tertiary/aromatic N) is 1. The molecular formula is C11H12ClNO4. The Labute approximate surface area is 103 Å². The highest BCUT2D eigenvalue weighted by atomic mass is 35.5. The van der Waals surface area contributed by atoms with Gasteiger partial charge in [-0.3, -0.25) is 14.9 Å². The molecule has 0 fully saturated rings. The summed E-state index contributed by atoms with van der Waals surface area (Å²) in [4.78, 5) is 21.4. The number of non-ortho nitro benzene ring substituents is 1. The number of esters is 1. The summed E-state index contributed by atoms with van der Waals surface area (Å²) in [5, 5.41) is 10.7. The summed E-state index contributed by atoms with van der Waals surface area (Å²) < 4.78 is 4.54. The monoisotopic (exact) mass is 257 g/mol. The van der Waals surface area contributed by atoms with E-state index in [0.717, 1.165) is 5.56 Å².